The van der Waals surface area contributed by atoms with Crippen LogP contribution in [0.15, 0.2) is 57.7 Å². The zero-order valence-corrected chi connectivity index (χ0v) is 21.3. The van der Waals surface area contributed by atoms with E-state index in [1.165, 1.54) is 7.11 Å². The van der Waals surface area contributed by atoms with Crippen molar-refractivity contribution >= 4 is 28.5 Å². The Labute approximate surface area is 217 Å². The molecule has 0 radical (unpaired) electrons. The van der Waals surface area contributed by atoms with Gasteiger partial charge in [-0.1, -0.05) is 30.3 Å². The number of nitrogens with zero attached hydrogens (tertiary/aromatic N) is 1. The van der Waals surface area contributed by atoms with Crippen molar-refractivity contribution in [2.24, 2.45) is 5.92 Å². The first kappa shape index (κ1) is 23.5. The van der Waals surface area contributed by atoms with Gasteiger partial charge in [-0.15, -0.1) is 0 Å². The molecule has 0 unspecified atom stereocenters. The average Bonchev–Trinajstić information content (AvgIpc) is 3.54. The summed E-state index contributed by atoms with van der Waals surface area (Å²) in [6, 6.07) is 14.0. The maximum Gasteiger partial charge on any atom is 0.345 e. The van der Waals surface area contributed by atoms with Crippen molar-refractivity contribution in [3.63, 3.8) is 0 Å². The van der Waals surface area contributed by atoms with Gasteiger partial charge in [0.25, 0.3) is 5.91 Å². The van der Waals surface area contributed by atoms with Crippen molar-refractivity contribution in [1.82, 2.24) is 4.90 Å². The minimum absolute atomic E-state index is 0.0753. The third-order valence-corrected chi connectivity index (χ3v) is 8.31. The number of hydrogen-bond donors (Lipinski definition) is 1. The highest BCUT2D eigenvalue weighted by atomic mass is 16.8. The molecule has 0 aliphatic carbocycles. The van der Waals surface area contributed by atoms with E-state index in [0.29, 0.717) is 17.8 Å². The smallest absolute Gasteiger partial charge is 0.345 e. The van der Waals surface area contributed by atoms with Crippen LogP contribution in [0.5, 0.6) is 0 Å². The van der Waals surface area contributed by atoms with Gasteiger partial charge in [0, 0.05) is 23.7 Å². The van der Waals surface area contributed by atoms with E-state index < -0.39 is 46.6 Å². The molecule has 5 heterocycles. The molecule has 1 spiro atoms. The quantitative estimate of drug-likeness (QED) is 0.511. The van der Waals surface area contributed by atoms with Crippen molar-refractivity contribution in [1.29, 1.82) is 0 Å². The van der Waals surface area contributed by atoms with Crippen molar-refractivity contribution in [3.05, 3.63) is 75.6 Å². The monoisotopic (exact) mass is 518 g/mol. The molecule has 3 aromatic rings. The van der Waals surface area contributed by atoms with E-state index in [1.807, 2.05) is 30.1 Å². The average molecular weight is 519 g/mol. The number of ether oxygens (including phenoxy) is 4. The van der Waals surface area contributed by atoms with Gasteiger partial charge in [-0.2, -0.15) is 0 Å². The van der Waals surface area contributed by atoms with E-state index >= 15 is 0 Å². The molecule has 0 bridgehead atoms. The molecular weight excluding hydrogens is 492 g/mol. The van der Waals surface area contributed by atoms with Gasteiger partial charge in [-0.05, 0) is 39.1 Å². The number of para-hydroxylation sites is 2. The van der Waals surface area contributed by atoms with E-state index in [0.717, 1.165) is 0 Å². The second-order valence-corrected chi connectivity index (χ2v) is 10.6. The van der Waals surface area contributed by atoms with Crippen LogP contribution in [0.25, 0.3) is 11.0 Å². The summed E-state index contributed by atoms with van der Waals surface area (Å²) in [7, 11) is 3.01. The van der Waals surface area contributed by atoms with Gasteiger partial charge in [-0.25, -0.2) is 4.79 Å². The second kappa shape index (κ2) is 7.51. The van der Waals surface area contributed by atoms with E-state index in [4.69, 9.17) is 23.4 Å². The first-order valence-corrected chi connectivity index (χ1v) is 12.5. The number of benzene rings is 2. The largest absolute Gasteiger partial charge is 0.465 e. The number of hydrogen-bond acceptors (Lipinski definition) is 9. The molecule has 4 aliphatic heterocycles. The first-order valence-electron chi connectivity index (χ1n) is 12.5. The van der Waals surface area contributed by atoms with Crippen molar-refractivity contribution in [2.75, 3.05) is 26.0 Å². The zero-order chi connectivity index (χ0) is 26.6. The molecule has 0 saturated carbocycles. The number of anilines is 1. The fourth-order valence-corrected chi connectivity index (χ4v) is 6.99. The standard InChI is InChI=1S/C28H26N2O8/c1-26(2)36-21-16-13-30(3)27(15-10-6-7-11-17(15)29-25(27)33)28(16,38-24(21)37-26)22-19(23(32)34-4)20(31)14-9-5-8-12-18(14)35-22/h5-12,16,21,24H,13H2,1-4H3,(H,29,33)/t16-,21-,24+,27+,28-/m0/s1. The molecule has 3 fully saturated rings. The summed E-state index contributed by atoms with van der Waals surface area (Å²) in [5.74, 6) is -2.81. The lowest BCUT2D eigenvalue weighted by Gasteiger charge is -2.43. The molecule has 3 saturated heterocycles. The van der Waals surface area contributed by atoms with Crippen LogP contribution in [0.4, 0.5) is 5.69 Å². The molecule has 2 aromatic carbocycles. The molecule has 196 valence electrons. The summed E-state index contributed by atoms with van der Waals surface area (Å²) in [5, 5.41) is 3.20. The summed E-state index contributed by atoms with van der Waals surface area (Å²) in [6.45, 7) is 3.91. The Morgan fingerprint density at radius 2 is 1.79 bits per heavy atom. The molecule has 1 aromatic heterocycles. The second-order valence-electron chi connectivity index (χ2n) is 10.6. The molecule has 4 aliphatic rings. The number of likely N-dealkylation sites (N-methyl/N-ethyl adjacent to an activating group) is 1. The molecule has 5 atom stereocenters. The number of rotatable bonds is 2. The lowest BCUT2D eigenvalue weighted by Crippen LogP contribution is -2.59. The van der Waals surface area contributed by atoms with E-state index in [-0.39, 0.29) is 28.2 Å². The van der Waals surface area contributed by atoms with Crippen LogP contribution in [0.1, 0.15) is 35.5 Å². The number of carbonyl (C=O) groups is 2. The summed E-state index contributed by atoms with van der Waals surface area (Å²) >= 11 is 0. The zero-order valence-electron chi connectivity index (χ0n) is 21.3. The van der Waals surface area contributed by atoms with Gasteiger partial charge in [0.1, 0.15) is 17.3 Å². The van der Waals surface area contributed by atoms with E-state index in [2.05, 4.69) is 5.32 Å². The maximum absolute atomic E-state index is 14.2. The molecule has 10 nitrogen and oxygen atoms in total. The van der Waals surface area contributed by atoms with Crippen molar-refractivity contribution in [3.8, 4) is 0 Å². The summed E-state index contributed by atoms with van der Waals surface area (Å²) < 4.78 is 30.8. The van der Waals surface area contributed by atoms with E-state index in [9.17, 15) is 14.4 Å². The number of nitrogens with one attached hydrogen (secondary N) is 1. The maximum atomic E-state index is 14.2. The van der Waals surface area contributed by atoms with Crippen LogP contribution < -0.4 is 10.7 Å². The number of fused-ring (bicyclic) bond motifs is 7. The highest BCUT2D eigenvalue weighted by Crippen LogP contribution is 2.67. The number of esters is 1. The Balaban J connectivity index is 1.61. The number of methoxy groups -OCH3 is 1. The van der Waals surface area contributed by atoms with Crippen molar-refractivity contribution in [2.45, 2.75) is 43.2 Å². The van der Waals surface area contributed by atoms with Crippen molar-refractivity contribution < 1.29 is 33.0 Å². The normalized spacial score (nSPS) is 32.8. The van der Waals surface area contributed by atoms with Crippen LogP contribution in [0.3, 0.4) is 0 Å². The third-order valence-electron chi connectivity index (χ3n) is 8.31. The van der Waals surface area contributed by atoms with Crippen LogP contribution in [-0.4, -0.2) is 55.7 Å². The lowest BCUT2D eigenvalue weighted by atomic mass is 9.69. The van der Waals surface area contributed by atoms with Crippen LogP contribution in [-0.2, 0) is 34.9 Å². The number of carbonyl (C=O) groups excluding carboxylic acids is 2. The molecule has 38 heavy (non-hydrogen) atoms. The Morgan fingerprint density at radius 3 is 2.58 bits per heavy atom. The van der Waals surface area contributed by atoms with Gasteiger partial charge in [0.05, 0.1) is 12.5 Å². The first-order chi connectivity index (χ1) is 18.2. The molecule has 1 amide bonds. The summed E-state index contributed by atoms with van der Waals surface area (Å²) in [4.78, 5) is 43.2. The Bertz CT molecular complexity index is 1600. The van der Waals surface area contributed by atoms with Gasteiger partial charge in [0.15, 0.2) is 29.0 Å². The molecule has 7 rings (SSSR count). The third kappa shape index (κ3) is 2.63. The molecular formula is C28H26N2O8. The fourth-order valence-electron chi connectivity index (χ4n) is 6.99. The SMILES string of the molecule is COC(=O)c1c([C@@]23O[C@H]4OC(C)(C)O[C@H]4[C@@H]2CN(C)[C@]32C(=O)Nc3ccccc32)oc2ccccc2c1=O. The Morgan fingerprint density at radius 1 is 1.05 bits per heavy atom. The van der Waals surface area contributed by atoms with Gasteiger partial charge < -0.3 is 28.7 Å². The van der Waals surface area contributed by atoms with Crippen LogP contribution >= 0.6 is 0 Å². The highest BCUT2D eigenvalue weighted by Gasteiger charge is 2.81. The minimum Gasteiger partial charge on any atom is -0.465 e. The van der Waals surface area contributed by atoms with Gasteiger partial charge in [0.2, 0.25) is 5.43 Å². The molecule has 10 heteroatoms. The number of amides is 1. The minimum atomic E-state index is -1.67. The van der Waals surface area contributed by atoms with Crippen LogP contribution in [0, 0.1) is 5.92 Å². The predicted molar refractivity (Wildman–Crippen MR) is 133 cm³/mol. The van der Waals surface area contributed by atoms with Gasteiger partial charge in [-0.3, -0.25) is 14.5 Å². The van der Waals surface area contributed by atoms with Gasteiger partial charge >= 0.3 is 5.97 Å². The Kier molecular flexibility index (Phi) is 4.65. The highest BCUT2D eigenvalue weighted by molar-refractivity contribution is 6.08. The molecule has 1 N–H and O–H groups in total. The van der Waals surface area contributed by atoms with E-state index in [1.54, 1.807) is 44.2 Å². The van der Waals surface area contributed by atoms with Crippen LogP contribution in [0.2, 0.25) is 0 Å². The lowest BCUT2D eigenvalue weighted by molar-refractivity contribution is -0.250. The summed E-state index contributed by atoms with van der Waals surface area (Å²) in [6.07, 6.45) is -1.47. The fraction of sp³-hybridized carbons (Fsp3) is 0.393. The topological polar surface area (TPSA) is 117 Å². The number of likely N-dealkylation sites (tertiary alicyclic amines) is 1. The summed E-state index contributed by atoms with van der Waals surface area (Å²) in [5.41, 5.74) is -2.56. The predicted octanol–water partition coefficient (Wildman–Crippen LogP) is 2.69. The Hall–Kier alpha value is -3.57.